The molecular weight excluding hydrogens is 186 g/mol. The van der Waals surface area contributed by atoms with E-state index in [-0.39, 0.29) is 12.0 Å². The summed E-state index contributed by atoms with van der Waals surface area (Å²) in [4.78, 5) is 0. The largest absolute Gasteiger partial charge is 0.396 e. The highest BCUT2D eigenvalue weighted by molar-refractivity contribution is 7.99. The molecule has 0 saturated carbocycles. The third-order valence-corrected chi connectivity index (χ3v) is 4.78. The predicted molar refractivity (Wildman–Crippen MR) is 53.9 cm³/mol. The average Bonchev–Trinajstić information content (AvgIpc) is 2.15. The number of rotatable bonds is 2. The molecule has 0 radical (unpaired) electrons. The molecule has 0 bridgehead atoms. The molecule has 0 aromatic rings. The molecule has 0 aromatic carbocycles. The zero-order chi connectivity index (χ0) is 9.36. The van der Waals surface area contributed by atoms with Crippen molar-refractivity contribution in [3.63, 3.8) is 0 Å². The molecule has 0 aliphatic carbocycles. The molecule has 0 aromatic heterocycles. The van der Waals surface area contributed by atoms with Crippen LogP contribution in [0.1, 0.15) is 12.8 Å². The van der Waals surface area contributed by atoms with Crippen molar-refractivity contribution in [2.24, 2.45) is 5.41 Å². The maximum Gasteiger partial charge on any atom is 0.0980 e. The zero-order valence-corrected chi connectivity index (χ0v) is 8.57. The summed E-state index contributed by atoms with van der Waals surface area (Å²) in [7, 11) is 0. The van der Waals surface area contributed by atoms with E-state index in [1.54, 1.807) is 0 Å². The third kappa shape index (κ3) is 1.40. The number of nitrogens with one attached hydrogen (secondary N) is 1. The van der Waals surface area contributed by atoms with Crippen LogP contribution in [0.2, 0.25) is 0 Å². The molecule has 13 heavy (non-hydrogen) atoms. The number of thioether (sulfide) groups is 1. The average molecular weight is 203 g/mol. The van der Waals surface area contributed by atoms with E-state index >= 15 is 0 Å². The molecule has 3 N–H and O–H groups in total. The highest BCUT2D eigenvalue weighted by Gasteiger charge is 2.53. The van der Waals surface area contributed by atoms with Crippen LogP contribution < -0.4 is 5.32 Å². The van der Waals surface area contributed by atoms with Gasteiger partial charge in [0, 0.05) is 24.3 Å². The molecule has 2 fully saturated rings. The van der Waals surface area contributed by atoms with Crippen molar-refractivity contribution in [1.29, 1.82) is 0 Å². The van der Waals surface area contributed by atoms with Crippen molar-refractivity contribution >= 4 is 11.8 Å². The minimum Gasteiger partial charge on any atom is -0.396 e. The second kappa shape index (κ2) is 3.42. The van der Waals surface area contributed by atoms with Gasteiger partial charge in [-0.05, 0) is 18.6 Å². The van der Waals surface area contributed by atoms with Crippen LogP contribution in [-0.4, -0.2) is 47.0 Å². The molecule has 2 rings (SSSR count). The Morgan fingerprint density at radius 2 is 2.15 bits per heavy atom. The molecule has 1 unspecified atom stereocenters. The van der Waals surface area contributed by atoms with Gasteiger partial charge in [0.15, 0.2) is 0 Å². The Kier molecular flexibility index (Phi) is 2.57. The summed E-state index contributed by atoms with van der Waals surface area (Å²) < 4.78 is 0. The summed E-state index contributed by atoms with van der Waals surface area (Å²) in [5, 5.41) is 22.8. The van der Waals surface area contributed by atoms with Crippen LogP contribution in [0.25, 0.3) is 0 Å². The van der Waals surface area contributed by atoms with E-state index in [2.05, 4.69) is 5.32 Å². The summed E-state index contributed by atoms with van der Waals surface area (Å²) in [6, 6.07) is 0. The van der Waals surface area contributed by atoms with Crippen molar-refractivity contribution in [3.05, 3.63) is 0 Å². The summed E-state index contributed by atoms with van der Waals surface area (Å²) in [6.45, 7) is 1.42. The molecule has 4 heteroatoms. The van der Waals surface area contributed by atoms with Gasteiger partial charge in [-0.15, -0.1) is 0 Å². The van der Waals surface area contributed by atoms with E-state index in [0.717, 1.165) is 18.6 Å². The number of aliphatic hydroxyl groups excluding tert-OH is 1. The molecule has 3 nitrogen and oxygen atoms in total. The first-order valence-electron chi connectivity index (χ1n) is 4.84. The molecule has 0 spiro atoms. The fourth-order valence-corrected chi connectivity index (χ4v) is 3.62. The lowest BCUT2D eigenvalue weighted by Crippen LogP contribution is -2.70. The molecule has 2 aliphatic heterocycles. The van der Waals surface area contributed by atoms with E-state index in [4.69, 9.17) is 0 Å². The minimum atomic E-state index is -0.644. The first-order valence-corrected chi connectivity index (χ1v) is 6.00. The van der Waals surface area contributed by atoms with Crippen LogP contribution in [0.15, 0.2) is 0 Å². The number of hydrogen-bond acceptors (Lipinski definition) is 4. The highest BCUT2D eigenvalue weighted by Crippen LogP contribution is 2.44. The van der Waals surface area contributed by atoms with Gasteiger partial charge in [0.05, 0.1) is 12.2 Å². The van der Waals surface area contributed by atoms with Gasteiger partial charge in [0.1, 0.15) is 0 Å². The van der Waals surface area contributed by atoms with Crippen LogP contribution in [0.4, 0.5) is 0 Å². The molecule has 0 amide bonds. The fraction of sp³-hybridized carbons (Fsp3) is 1.00. The maximum absolute atomic E-state index is 10.2. The quantitative estimate of drug-likeness (QED) is 0.583. The van der Waals surface area contributed by atoms with Crippen LogP contribution in [-0.2, 0) is 0 Å². The molecule has 2 saturated heterocycles. The van der Waals surface area contributed by atoms with Gasteiger partial charge in [-0.2, -0.15) is 11.8 Å². The summed E-state index contributed by atoms with van der Waals surface area (Å²) in [6.07, 6.45) is 2.09. The van der Waals surface area contributed by atoms with Gasteiger partial charge in [0.2, 0.25) is 0 Å². The van der Waals surface area contributed by atoms with Crippen LogP contribution in [0.5, 0.6) is 0 Å². The van der Waals surface area contributed by atoms with E-state index in [1.807, 2.05) is 11.8 Å². The lowest BCUT2D eigenvalue weighted by Gasteiger charge is -2.53. The van der Waals surface area contributed by atoms with Gasteiger partial charge >= 0.3 is 0 Å². The Hall–Kier alpha value is 0.230. The van der Waals surface area contributed by atoms with Gasteiger partial charge in [-0.1, -0.05) is 0 Å². The van der Waals surface area contributed by atoms with Crippen molar-refractivity contribution in [2.75, 3.05) is 31.2 Å². The topological polar surface area (TPSA) is 52.5 Å². The summed E-state index contributed by atoms with van der Waals surface area (Å²) in [5.41, 5.74) is -0.879. The molecule has 2 aliphatic rings. The van der Waals surface area contributed by atoms with Crippen molar-refractivity contribution in [1.82, 2.24) is 5.32 Å². The van der Waals surface area contributed by atoms with Crippen LogP contribution >= 0.6 is 11.8 Å². The fourth-order valence-electron chi connectivity index (χ4n) is 2.23. The second-order valence-corrected chi connectivity index (χ2v) is 5.33. The summed E-state index contributed by atoms with van der Waals surface area (Å²) in [5.74, 6) is 2.08. The highest BCUT2D eigenvalue weighted by atomic mass is 32.2. The Morgan fingerprint density at radius 3 is 2.54 bits per heavy atom. The second-order valence-electron chi connectivity index (χ2n) is 4.23. The van der Waals surface area contributed by atoms with Crippen molar-refractivity contribution < 1.29 is 10.2 Å². The summed E-state index contributed by atoms with van der Waals surface area (Å²) >= 11 is 1.85. The number of hydrogen-bond donors (Lipinski definition) is 3. The predicted octanol–water partition coefficient (Wildman–Crippen LogP) is -0.174. The van der Waals surface area contributed by atoms with Crippen LogP contribution in [0.3, 0.4) is 0 Å². The molecule has 2 heterocycles. The zero-order valence-electron chi connectivity index (χ0n) is 7.75. The first kappa shape index (κ1) is 9.77. The SMILES string of the molecule is OCC1(C2(O)CNC2)CCCSC1. The lowest BCUT2D eigenvalue weighted by atomic mass is 9.67. The van der Waals surface area contributed by atoms with Gasteiger partial charge in [0.25, 0.3) is 0 Å². The smallest absolute Gasteiger partial charge is 0.0980 e. The maximum atomic E-state index is 10.2. The first-order chi connectivity index (χ1) is 6.22. The molecule has 1 atom stereocenters. The standard InChI is InChI=1S/C9H17NO2S/c11-6-8(2-1-3-13-7-8)9(12)4-10-5-9/h10-12H,1-7H2. The van der Waals surface area contributed by atoms with Crippen LogP contribution in [0, 0.1) is 5.41 Å². The van der Waals surface area contributed by atoms with Crippen molar-refractivity contribution in [2.45, 2.75) is 18.4 Å². The van der Waals surface area contributed by atoms with E-state index in [0.29, 0.717) is 13.1 Å². The van der Waals surface area contributed by atoms with Crippen molar-refractivity contribution in [3.8, 4) is 0 Å². The van der Waals surface area contributed by atoms with Gasteiger partial charge in [-0.25, -0.2) is 0 Å². The minimum absolute atomic E-state index is 0.123. The lowest BCUT2D eigenvalue weighted by molar-refractivity contribution is -0.133. The Morgan fingerprint density at radius 1 is 1.38 bits per heavy atom. The van der Waals surface area contributed by atoms with E-state index in [1.165, 1.54) is 5.75 Å². The van der Waals surface area contributed by atoms with E-state index in [9.17, 15) is 10.2 Å². The Bertz CT molecular complexity index is 188. The Labute approximate surface area is 82.9 Å². The Balaban J connectivity index is 2.12. The normalized spacial score (nSPS) is 38.3. The van der Waals surface area contributed by atoms with Gasteiger partial charge < -0.3 is 15.5 Å². The number of β-amino-alcohol motifs (C(OH)–C–C–N with tert-alkyl or cyclic N) is 1. The molecular formula is C9H17NO2S. The van der Waals surface area contributed by atoms with Gasteiger partial charge in [-0.3, -0.25) is 0 Å². The molecule has 76 valence electrons. The van der Waals surface area contributed by atoms with E-state index < -0.39 is 5.60 Å². The monoisotopic (exact) mass is 203 g/mol. The number of aliphatic hydroxyl groups is 2. The third-order valence-electron chi connectivity index (χ3n) is 3.45.